The number of hydrogen-bond acceptors (Lipinski definition) is 3. The Labute approximate surface area is 220 Å². The summed E-state index contributed by atoms with van der Waals surface area (Å²) in [5.74, 6) is 0.607. The molecule has 3 aromatic rings. The maximum Gasteiger partial charge on any atom is 0.272 e. The second-order valence-electron chi connectivity index (χ2n) is 10.6. The number of imidazole rings is 1. The van der Waals surface area contributed by atoms with Crippen LogP contribution in [0.2, 0.25) is 5.02 Å². The first-order valence-electron chi connectivity index (χ1n) is 12.2. The Bertz CT molecular complexity index is 1290. The predicted molar refractivity (Wildman–Crippen MR) is 143 cm³/mol. The number of fused-ring (bicyclic) bond motifs is 2. The molecular formula is C28H31BrClN3O2. The van der Waals surface area contributed by atoms with E-state index in [2.05, 4.69) is 42.0 Å². The Balaban J connectivity index is 1.60. The van der Waals surface area contributed by atoms with Gasteiger partial charge in [0.1, 0.15) is 11.5 Å². The molecule has 1 aromatic heterocycles. The van der Waals surface area contributed by atoms with Crippen LogP contribution in [0.4, 0.5) is 0 Å². The highest BCUT2D eigenvalue weighted by atomic mass is 79.9. The SMILES string of the molecule is CCc1c(C(=O)N[C@@H]2[C@@H]3CC[C@@](C)([C@H]2O)C3(C)C)nc(-c2ccccc2Cl)n1-c1ccc(Br)cc1. The maximum atomic E-state index is 13.7. The third-order valence-electron chi connectivity index (χ3n) is 8.82. The lowest BCUT2D eigenvalue weighted by Crippen LogP contribution is -2.49. The van der Waals surface area contributed by atoms with Gasteiger partial charge in [-0.05, 0) is 67.0 Å². The van der Waals surface area contributed by atoms with Gasteiger partial charge in [-0.1, -0.05) is 67.4 Å². The zero-order valence-electron chi connectivity index (χ0n) is 20.5. The van der Waals surface area contributed by atoms with Gasteiger partial charge in [-0.15, -0.1) is 0 Å². The lowest BCUT2D eigenvalue weighted by atomic mass is 9.70. The molecule has 1 heterocycles. The monoisotopic (exact) mass is 555 g/mol. The molecule has 35 heavy (non-hydrogen) atoms. The Morgan fingerprint density at radius 2 is 1.89 bits per heavy atom. The molecule has 2 aromatic carbocycles. The summed E-state index contributed by atoms with van der Waals surface area (Å²) in [5, 5.41) is 15.0. The van der Waals surface area contributed by atoms with Crippen molar-refractivity contribution < 1.29 is 9.90 Å². The summed E-state index contributed by atoms with van der Waals surface area (Å²) in [6.45, 7) is 8.61. The topological polar surface area (TPSA) is 67.2 Å². The van der Waals surface area contributed by atoms with Crippen LogP contribution in [-0.2, 0) is 6.42 Å². The molecule has 2 N–H and O–H groups in total. The van der Waals surface area contributed by atoms with E-state index in [1.807, 2.05) is 60.0 Å². The summed E-state index contributed by atoms with van der Waals surface area (Å²) in [5.41, 5.74) is 2.60. The van der Waals surface area contributed by atoms with Crippen LogP contribution in [0, 0.1) is 16.7 Å². The normalized spacial score (nSPS) is 26.8. The fraction of sp³-hybridized carbons (Fsp3) is 0.429. The molecule has 5 nitrogen and oxygen atoms in total. The molecule has 4 atom stereocenters. The highest BCUT2D eigenvalue weighted by molar-refractivity contribution is 9.10. The molecule has 0 radical (unpaired) electrons. The van der Waals surface area contributed by atoms with Crippen molar-refractivity contribution in [3.8, 4) is 17.1 Å². The standard InChI is InChI=1S/C28H31BrClN3O2/c1-5-21-23(26(35)32-22-19-14-15-28(4,24(22)34)27(19,2)3)31-25(18-8-6-7-9-20(18)30)33(21)17-12-10-16(29)11-13-17/h6-13,19,22,24,34H,5,14-15H2,1-4H3,(H,32,35)/t19-,22+,24-,28-/m0/s1. The van der Waals surface area contributed by atoms with Crippen LogP contribution in [0.15, 0.2) is 53.0 Å². The number of amides is 1. The van der Waals surface area contributed by atoms with Gasteiger partial charge in [0.05, 0.1) is 22.9 Å². The van der Waals surface area contributed by atoms with E-state index in [4.69, 9.17) is 16.6 Å². The number of halogens is 2. The number of hydrogen-bond donors (Lipinski definition) is 2. The predicted octanol–water partition coefficient (Wildman–Crippen LogP) is 6.43. The van der Waals surface area contributed by atoms with Crippen LogP contribution in [-0.4, -0.2) is 32.7 Å². The van der Waals surface area contributed by atoms with Crippen molar-refractivity contribution in [3.63, 3.8) is 0 Å². The molecule has 5 rings (SSSR count). The fourth-order valence-corrected chi connectivity index (χ4v) is 6.87. The van der Waals surface area contributed by atoms with Crippen LogP contribution in [0.25, 0.3) is 17.1 Å². The quantitative estimate of drug-likeness (QED) is 0.380. The largest absolute Gasteiger partial charge is 0.390 e. The van der Waals surface area contributed by atoms with Gasteiger partial charge in [0, 0.05) is 21.1 Å². The van der Waals surface area contributed by atoms with Gasteiger partial charge < -0.3 is 10.4 Å². The van der Waals surface area contributed by atoms with E-state index in [9.17, 15) is 9.90 Å². The third kappa shape index (κ3) is 3.68. The Hall–Kier alpha value is -2.15. The van der Waals surface area contributed by atoms with E-state index in [1.165, 1.54) is 0 Å². The molecule has 1 amide bonds. The summed E-state index contributed by atoms with van der Waals surface area (Å²) in [6, 6.07) is 15.2. The molecule has 2 aliphatic carbocycles. The van der Waals surface area contributed by atoms with E-state index in [1.54, 1.807) is 0 Å². The molecule has 0 aliphatic heterocycles. The summed E-state index contributed by atoms with van der Waals surface area (Å²) in [6.07, 6.45) is 2.01. The molecule has 184 valence electrons. The minimum atomic E-state index is -0.582. The van der Waals surface area contributed by atoms with Crippen molar-refractivity contribution in [3.05, 3.63) is 69.4 Å². The molecule has 2 bridgehead atoms. The second kappa shape index (κ2) is 8.75. The molecular weight excluding hydrogens is 526 g/mol. The van der Waals surface area contributed by atoms with Crippen LogP contribution in [0.3, 0.4) is 0 Å². The lowest BCUT2D eigenvalue weighted by Gasteiger charge is -2.37. The number of rotatable bonds is 5. The van der Waals surface area contributed by atoms with Gasteiger partial charge >= 0.3 is 0 Å². The van der Waals surface area contributed by atoms with Gasteiger partial charge in [-0.3, -0.25) is 9.36 Å². The zero-order chi connectivity index (χ0) is 25.1. The number of carbonyl (C=O) groups excluding carboxylic acids is 1. The Kier molecular flexibility index (Phi) is 6.14. The fourth-order valence-electron chi connectivity index (χ4n) is 6.39. The number of nitrogens with one attached hydrogen (secondary N) is 1. The average Bonchev–Trinajstić information content (AvgIpc) is 3.37. The van der Waals surface area contributed by atoms with Crippen molar-refractivity contribution in [2.24, 2.45) is 16.7 Å². The minimum Gasteiger partial charge on any atom is -0.390 e. The number of nitrogens with zero attached hydrogens (tertiary/aromatic N) is 2. The molecule has 7 heteroatoms. The highest BCUT2D eigenvalue weighted by Gasteiger charge is 2.66. The average molecular weight is 557 g/mol. The third-order valence-corrected chi connectivity index (χ3v) is 9.68. The highest BCUT2D eigenvalue weighted by Crippen LogP contribution is 2.65. The van der Waals surface area contributed by atoms with Crippen molar-refractivity contribution in [2.75, 3.05) is 0 Å². The minimum absolute atomic E-state index is 0.0442. The molecule has 0 unspecified atom stereocenters. The van der Waals surface area contributed by atoms with Gasteiger partial charge in [0.15, 0.2) is 0 Å². The summed E-state index contributed by atoms with van der Waals surface area (Å²) >= 11 is 10.1. The van der Waals surface area contributed by atoms with E-state index in [0.717, 1.165) is 34.3 Å². The van der Waals surface area contributed by atoms with E-state index < -0.39 is 6.10 Å². The maximum absolute atomic E-state index is 13.7. The first kappa shape index (κ1) is 24.5. The summed E-state index contributed by atoms with van der Waals surface area (Å²) < 4.78 is 2.99. The van der Waals surface area contributed by atoms with E-state index >= 15 is 0 Å². The first-order valence-corrected chi connectivity index (χ1v) is 13.4. The van der Waals surface area contributed by atoms with Crippen molar-refractivity contribution in [1.29, 1.82) is 0 Å². The molecule has 2 fully saturated rings. The van der Waals surface area contributed by atoms with Gasteiger partial charge in [0.25, 0.3) is 5.91 Å². The molecule has 2 saturated carbocycles. The second-order valence-corrected chi connectivity index (χ2v) is 11.9. The van der Waals surface area contributed by atoms with Crippen LogP contribution in [0.1, 0.15) is 56.7 Å². The van der Waals surface area contributed by atoms with E-state index in [-0.39, 0.29) is 28.7 Å². The van der Waals surface area contributed by atoms with E-state index in [0.29, 0.717) is 23.0 Å². The summed E-state index contributed by atoms with van der Waals surface area (Å²) in [4.78, 5) is 18.6. The van der Waals surface area contributed by atoms with Crippen LogP contribution in [0.5, 0.6) is 0 Å². The van der Waals surface area contributed by atoms with Gasteiger partial charge in [0.2, 0.25) is 0 Å². The number of aromatic nitrogens is 2. The van der Waals surface area contributed by atoms with Crippen LogP contribution >= 0.6 is 27.5 Å². The van der Waals surface area contributed by atoms with Crippen molar-refractivity contribution >= 4 is 33.4 Å². The van der Waals surface area contributed by atoms with Crippen LogP contribution < -0.4 is 5.32 Å². The summed E-state index contributed by atoms with van der Waals surface area (Å²) in [7, 11) is 0. The zero-order valence-corrected chi connectivity index (χ0v) is 22.8. The molecule has 0 saturated heterocycles. The number of benzene rings is 2. The Morgan fingerprint density at radius 1 is 1.20 bits per heavy atom. The molecule has 0 spiro atoms. The van der Waals surface area contributed by atoms with Gasteiger partial charge in [-0.25, -0.2) is 4.98 Å². The first-order chi connectivity index (χ1) is 16.6. The van der Waals surface area contributed by atoms with Crippen molar-refractivity contribution in [1.82, 2.24) is 14.9 Å². The van der Waals surface area contributed by atoms with Crippen molar-refractivity contribution in [2.45, 2.75) is 59.1 Å². The number of aliphatic hydroxyl groups is 1. The van der Waals surface area contributed by atoms with Gasteiger partial charge in [-0.2, -0.15) is 0 Å². The Morgan fingerprint density at radius 3 is 2.49 bits per heavy atom. The number of aliphatic hydroxyl groups excluding tert-OH is 1. The lowest BCUT2D eigenvalue weighted by molar-refractivity contribution is 0.000457. The molecule has 2 aliphatic rings. The smallest absolute Gasteiger partial charge is 0.272 e. The number of carbonyl (C=O) groups is 1.